The van der Waals surface area contributed by atoms with Crippen LogP contribution in [-0.2, 0) is 0 Å². The first kappa shape index (κ1) is 17.2. The Bertz CT molecular complexity index is 561. The Balaban J connectivity index is 1.78. The lowest BCUT2D eigenvalue weighted by Crippen LogP contribution is -2.58. The molecule has 1 aliphatic heterocycles. The lowest BCUT2D eigenvalue weighted by Gasteiger charge is -2.44. The van der Waals surface area contributed by atoms with Gasteiger partial charge in [-0.2, -0.15) is 0 Å². The van der Waals surface area contributed by atoms with Crippen molar-refractivity contribution in [3.05, 3.63) is 71.8 Å². The van der Waals surface area contributed by atoms with Crippen molar-refractivity contribution < 1.29 is 4.48 Å². The van der Waals surface area contributed by atoms with Crippen molar-refractivity contribution in [1.82, 2.24) is 4.90 Å². The standard InChI is InChI=1S/C22H31N2/c1-3-4-17-24(2)18-15-23(16-19-24)22(20-11-7-5-8-12-20)21-13-9-6-10-14-21/h5-14,22H,3-4,15-19H2,1-2H3/q+1. The van der Waals surface area contributed by atoms with Crippen LogP contribution in [0.3, 0.4) is 0 Å². The molecular weight excluding hydrogens is 292 g/mol. The molecule has 0 amide bonds. The Hall–Kier alpha value is -1.64. The van der Waals surface area contributed by atoms with E-state index in [-0.39, 0.29) is 0 Å². The van der Waals surface area contributed by atoms with Gasteiger partial charge in [-0.15, -0.1) is 0 Å². The van der Waals surface area contributed by atoms with Crippen LogP contribution in [0, 0.1) is 0 Å². The van der Waals surface area contributed by atoms with Crippen LogP contribution in [0.25, 0.3) is 0 Å². The van der Waals surface area contributed by atoms with Crippen LogP contribution in [0.1, 0.15) is 36.9 Å². The minimum atomic E-state index is 0.382. The van der Waals surface area contributed by atoms with E-state index in [0.29, 0.717) is 6.04 Å². The molecule has 2 aromatic carbocycles. The normalized spacial score (nSPS) is 18.0. The second-order valence-corrected chi connectivity index (χ2v) is 7.40. The first-order valence-corrected chi connectivity index (χ1v) is 9.39. The lowest BCUT2D eigenvalue weighted by molar-refractivity contribution is -0.914. The lowest BCUT2D eigenvalue weighted by atomic mass is 9.96. The van der Waals surface area contributed by atoms with Gasteiger partial charge in [0.05, 0.1) is 32.7 Å². The van der Waals surface area contributed by atoms with Crippen molar-refractivity contribution in [2.45, 2.75) is 25.8 Å². The molecule has 0 spiro atoms. The number of likely N-dealkylation sites (N-methyl/N-ethyl adjacent to an activating group) is 1. The molecule has 0 aromatic heterocycles. The molecule has 2 nitrogen and oxygen atoms in total. The van der Waals surface area contributed by atoms with Crippen molar-refractivity contribution in [3.8, 4) is 0 Å². The van der Waals surface area contributed by atoms with Gasteiger partial charge in [0.2, 0.25) is 0 Å². The SMILES string of the molecule is CCCC[N+]1(C)CCN(C(c2ccccc2)c2ccccc2)CC1. The molecule has 1 fully saturated rings. The summed E-state index contributed by atoms with van der Waals surface area (Å²) in [5.74, 6) is 0. The van der Waals surface area contributed by atoms with Crippen LogP contribution in [-0.4, -0.2) is 49.2 Å². The molecule has 24 heavy (non-hydrogen) atoms. The number of piperazine rings is 1. The molecule has 1 saturated heterocycles. The smallest absolute Gasteiger partial charge is 0.0914 e. The maximum absolute atomic E-state index is 2.68. The van der Waals surface area contributed by atoms with Crippen LogP contribution in [0.4, 0.5) is 0 Å². The Morgan fingerprint density at radius 1 is 0.875 bits per heavy atom. The van der Waals surface area contributed by atoms with Crippen LogP contribution < -0.4 is 0 Å². The summed E-state index contributed by atoms with van der Waals surface area (Å²) in [5, 5.41) is 0. The minimum Gasteiger partial charge on any atom is -0.324 e. The molecule has 0 unspecified atom stereocenters. The van der Waals surface area contributed by atoms with Crippen LogP contribution in [0.15, 0.2) is 60.7 Å². The van der Waals surface area contributed by atoms with Crippen molar-refractivity contribution >= 4 is 0 Å². The van der Waals surface area contributed by atoms with Gasteiger partial charge in [0.25, 0.3) is 0 Å². The van der Waals surface area contributed by atoms with Crippen LogP contribution >= 0.6 is 0 Å². The second kappa shape index (κ2) is 7.96. The second-order valence-electron chi connectivity index (χ2n) is 7.40. The van der Waals surface area contributed by atoms with Gasteiger partial charge >= 0.3 is 0 Å². The molecule has 0 bridgehead atoms. The third kappa shape index (κ3) is 4.06. The molecule has 1 aliphatic rings. The van der Waals surface area contributed by atoms with Crippen molar-refractivity contribution in [3.63, 3.8) is 0 Å². The third-order valence-corrected chi connectivity index (χ3v) is 5.50. The van der Waals surface area contributed by atoms with Crippen molar-refractivity contribution in [2.24, 2.45) is 0 Å². The highest BCUT2D eigenvalue weighted by Gasteiger charge is 2.32. The highest BCUT2D eigenvalue weighted by Crippen LogP contribution is 2.30. The Morgan fingerprint density at radius 2 is 1.38 bits per heavy atom. The number of nitrogens with zero attached hydrogens (tertiary/aromatic N) is 2. The average molecular weight is 324 g/mol. The van der Waals surface area contributed by atoms with Gasteiger partial charge in [0, 0.05) is 13.1 Å². The molecule has 2 aromatic rings. The number of benzene rings is 2. The molecule has 0 atom stereocenters. The summed E-state index contributed by atoms with van der Waals surface area (Å²) in [6.45, 7) is 8.49. The van der Waals surface area contributed by atoms with Crippen molar-refractivity contribution in [1.29, 1.82) is 0 Å². The molecule has 128 valence electrons. The highest BCUT2D eigenvalue weighted by atomic mass is 15.4. The highest BCUT2D eigenvalue weighted by molar-refractivity contribution is 5.31. The van der Waals surface area contributed by atoms with E-state index in [0.717, 1.165) is 0 Å². The topological polar surface area (TPSA) is 3.24 Å². The van der Waals surface area contributed by atoms with E-state index in [1.165, 1.54) is 61.2 Å². The van der Waals surface area contributed by atoms with E-state index in [9.17, 15) is 0 Å². The third-order valence-electron chi connectivity index (χ3n) is 5.50. The Labute approximate surface area is 147 Å². The predicted molar refractivity (Wildman–Crippen MR) is 102 cm³/mol. The molecule has 2 heteroatoms. The van der Waals surface area contributed by atoms with Gasteiger partial charge in [-0.3, -0.25) is 4.90 Å². The molecule has 0 saturated carbocycles. The van der Waals surface area contributed by atoms with Crippen molar-refractivity contribution in [2.75, 3.05) is 39.8 Å². The minimum absolute atomic E-state index is 0.382. The zero-order valence-electron chi connectivity index (χ0n) is 15.2. The Kier molecular flexibility index (Phi) is 5.70. The zero-order valence-corrected chi connectivity index (χ0v) is 15.2. The summed E-state index contributed by atoms with van der Waals surface area (Å²) >= 11 is 0. The predicted octanol–water partition coefficient (Wildman–Crippen LogP) is 4.34. The molecule has 0 radical (unpaired) electrons. The van der Waals surface area contributed by atoms with Gasteiger partial charge in [-0.25, -0.2) is 0 Å². The maximum atomic E-state index is 2.68. The largest absolute Gasteiger partial charge is 0.324 e. The maximum Gasteiger partial charge on any atom is 0.0914 e. The summed E-state index contributed by atoms with van der Waals surface area (Å²) in [4.78, 5) is 2.68. The van der Waals surface area contributed by atoms with E-state index in [2.05, 4.69) is 79.5 Å². The molecule has 0 N–H and O–H groups in total. The molecule has 1 heterocycles. The van der Waals surface area contributed by atoms with E-state index in [1.54, 1.807) is 0 Å². The number of rotatable bonds is 6. The molecule has 3 rings (SSSR count). The molecular formula is C22H31N2+. The van der Waals surface area contributed by atoms with Gasteiger partial charge in [-0.1, -0.05) is 74.0 Å². The summed E-state index contributed by atoms with van der Waals surface area (Å²) in [5.41, 5.74) is 2.82. The summed E-state index contributed by atoms with van der Waals surface area (Å²) < 4.78 is 1.24. The fourth-order valence-corrected chi connectivity index (χ4v) is 3.87. The summed E-state index contributed by atoms with van der Waals surface area (Å²) in [6.07, 6.45) is 2.64. The van der Waals surface area contributed by atoms with Gasteiger partial charge in [-0.05, 0) is 17.5 Å². The van der Waals surface area contributed by atoms with E-state index in [1.807, 2.05) is 0 Å². The zero-order chi connectivity index (χ0) is 16.8. The van der Waals surface area contributed by atoms with E-state index >= 15 is 0 Å². The fourth-order valence-electron chi connectivity index (χ4n) is 3.87. The monoisotopic (exact) mass is 323 g/mol. The number of hydrogen-bond acceptors (Lipinski definition) is 1. The van der Waals surface area contributed by atoms with E-state index in [4.69, 9.17) is 0 Å². The van der Waals surface area contributed by atoms with Gasteiger partial charge in [0.15, 0.2) is 0 Å². The van der Waals surface area contributed by atoms with Gasteiger partial charge in [0.1, 0.15) is 0 Å². The summed E-state index contributed by atoms with van der Waals surface area (Å²) in [6, 6.07) is 22.4. The summed E-state index contributed by atoms with van der Waals surface area (Å²) in [7, 11) is 2.44. The first-order chi connectivity index (χ1) is 11.7. The number of quaternary nitrogens is 1. The van der Waals surface area contributed by atoms with Gasteiger partial charge < -0.3 is 4.48 Å². The number of hydrogen-bond donors (Lipinski definition) is 0. The fraction of sp³-hybridized carbons (Fsp3) is 0.455. The number of unbranched alkanes of at least 4 members (excludes halogenated alkanes) is 1. The van der Waals surface area contributed by atoms with Crippen LogP contribution in [0.2, 0.25) is 0 Å². The Morgan fingerprint density at radius 3 is 1.83 bits per heavy atom. The first-order valence-electron chi connectivity index (χ1n) is 9.39. The molecule has 0 aliphatic carbocycles. The van der Waals surface area contributed by atoms with Crippen LogP contribution in [0.5, 0.6) is 0 Å². The van der Waals surface area contributed by atoms with E-state index < -0.39 is 0 Å². The average Bonchev–Trinajstić information content (AvgIpc) is 2.64. The quantitative estimate of drug-likeness (QED) is 0.715.